The predicted octanol–water partition coefficient (Wildman–Crippen LogP) is 2.19. The first-order valence-corrected chi connectivity index (χ1v) is 5.77. The van der Waals surface area contributed by atoms with Crippen molar-refractivity contribution in [1.82, 2.24) is 0 Å². The third-order valence-electron chi connectivity index (χ3n) is 3.85. The monoisotopic (exact) mass is 200 g/mol. The lowest BCUT2D eigenvalue weighted by atomic mass is 9.66. The molecule has 14 heavy (non-hydrogen) atoms. The summed E-state index contributed by atoms with van der Waals surface area (Å²) in [6, 6.07) is 0. The molecule has 0 radical (unpaired) electrons. The summed E-state index contributed by atoms with van der Waals surface area (Å²) in [5, 5.41) is 19.0. The zero-order chi connectivity index (χ0) is 10.8. The smallest absolute Gasteiger partial charge is 0.0576 e. The molecule has 2 nitrogen and oxygen atoms in total. The number of hydrogen-bond acceptors (Lipinski definition) is 2. The molecule has 1 fully saturated rings. The van der Waals surface area contributed by atoms with Crippen molar-refractivity contribution < 1.29 is 10.2 Å². The molecule has 0 aromatic carbocycles. The van der Waals surface area contributed by atoms with Crippen LogP contribution in [-0.2, 0) is 0 Å². The highest BCUT2D eigenvalue weighted by molar-refractivity contribution is 4.88. The Hall–Kier alpha value is -0.0800. The Morgan fingerprint density at radius 3 is 2.50 bits per heavy atom. The highest BCUT2D eigenvalue weighted by atomic mass is 16.3. The lowest BCUT2D eigenvalue weighted by Gasteiger charge is -2.42. The van der Waals surface area contributed by atoms with Crippen LogP contribution in [-0.4, -0.2) is 22.9 Å². The molecule has 0 heterocycles. The highest BCUT2D eigenvalue weighted by Gasteiger charge is 2.37. The quantitative estimate of drug-likeness (QED) is 0.733. The van der Waals surface area contributed by atoms with Gasteiger partial charge in [0.1, 0.15) is 0 Å². The fraction of sp³-hybridized carbons (Fsp3) is 1.00. The topological polar surface area (TPSA) is 40.5 Å². The first-order chi connectivity index (χ1) is 6.48. The van der Waals surface area contributed by atoms with Crippen molar-refractivity contribution in [3.05, 3.63) is 0 Å². The summed E-state index contributed by atoms with van der Waals surface area (Å²) in [7, 11) is 0. The molecule has 2 heteroatoms. The second kappa shape index (κ2) is 4.63. The maximum atomic E-state index is 10.0. The molecule has 2 N–H and O–H groups in total. The van der Waals surface area contributed by atoms with E-state index in [0.717, 1.165) is 25.7 Å². The average molecular weight is 200 g/mol. The number of rotatable bonds is 3. The summed E-state index contributed by atoms with van der Waals surface area (Å²) in [5.41, 5.74) is 0.166. The maximum Gasteiger partial charge on any atom is 0.0576 e. The second-order valence-electron chi connectivity index (χ2n) is 5.50. The van der Waals surface area contributed by atoms with E-state index in [-0.39, 0.29) is 18.1 Å². The molecule has 0 saturated heterocycles. The van der Waals surface area contributed by atoms with Gasteiger partial charge in [-0.1, -0.05) is 20.8 Å². The van der Waals surface area contributed by atoms with Crippen LogP contribution < -0.4 is 0 Å². The van der Waals surface area contributed by atoms with Crippen molar-refractivity contribution in [3.63, 3.8) is 0 Å². The third kappa shape index (κ3) is 2.71. The van der Waals surface area contributed by atoms with E-state index in [1.165, 1.54) is 0 Å². The first kappa shape index (κ1) is 12.0. The molecule has 0 unspecified atom stereocenters. The molecule has 0 bridgehead atoms. The summed E-state index contributed by atoms with van der Waals surface area (Å²) < 4.78 is 0. The molecule has 0 aromatic heterocycles. The Labute approximate surface area is 87.3 Å². The molecule has 0 amide bonds. The highest BCUT2D eigenvalue weighted by Crippen LogP contribution is 2.43. The lowest BCUT2D eigenvalue weighted by Crippen LogP contribution is -2.38. The van der Waals surface area contributed by atoms with Gasteiger partial charge in [-0.05, 0) is 42.9 Å². The molecule has 0 spiro atoms. The summed E-state index contributed by atoms with van der Waals surface area (Å²) >= 11 is 0. The van der Waals surface area contributed by atoms with Crippen LogP contribution in [0, 0.1) is 17.3 Å². The molecule has 3 atom stereocenters. The number of aliphatic hydroxyl groups excluding tert-OH is 2. The molecule has 1 aliphatic rings. The SMILES string of the molecule is CC(C)[C@H]1CC[C@](C)(CCO)C[C@@H]1O. The van der Waals surface area contributed by atoms with Crippen LogP contribution in [0.5, 0.6) is 0 Å². The van der Waals surface area contributed by atoms with E-state index in [1.807, 2.05) is 0 Å². The van der Waals surface area contributed by atoms with Crippen molar-refractivity contribution in [2.45, 2.75) is 52.6 Å². The fourth-order valence-electron chi connectivity index (χ4n) is 2.74. The first-order valence-electron chi connectivity index (χ1n) is 5.77. The van der Waals surface area contributed by atoms with E-state index in [9.17, 15) is 5.11 Å². The van der Waals surface area contributed by atoms with Crippen LogP contribution in [0.25, 0.3) is 0 Å². The Bertz CT molecular complexity index is 179. The van der Waals surface area contributed by atoms with Gasteiger partial charge in [0.25, 0.3) is 0 Å². The number of hydrogen-bond donors (Lipinski definition) is 2. The van der Waals surface area contributed by atoms with Gasteiger partial charge in [0.15, 0.2) is 0 Å². The zero-order valence-electron chi connectivity index (χ0n) is 9.66. The molecule has 84 valence electrons. The Morgan fingerprint density at radius 2 is 2.07 bits per heavy atom. The van der Waals surface area contributed by atoms with Gasteiger partial charge in [0.05, 0.1) is 6.10 Å². The van der Waals surface area contributed by atoms with Crippen LogP contribution in [0.2, 0.25) is 0 Å². The van der Waals surface area contributed by atoms with Crippen LogP contribution >= 0.6 is 0 Å². The molecule has 0 aliphatic heterocycles. The van der Waals surface area contributed by atoms with E-state index < -0.39 is 0 Å². The molecule has 1 rings (SSSR count). The zero-order valence-corrected chi connectivity index (χ0v) is 9.66. The van der Waals surface area contributed by atoms with Crippen LogP contribution in [0.4, 0.5) is 0 Å². The Balaban J connectivity index is 2.53. The summed E-state index contributed by atoms with van der Waals surface area (Å²) in [6.07, 6.45) is 3.77. The Morgan fingerprint density at radius 1 is 1.43 bits per heavy atom. The van der Waals surface area contributed by atoms with Gasteiger partial charge in [-0.2, -0.15) is 0 Å². The minimum atomic E-state index is -0.166. The van der Waals surface area contributed by atoms with Crippen molar-refractivity contribution in [2.24, 2.45) is 17.3 Å². The molecule has 1 aliphatic carbocycles. The van der Waals surface area contributed by atoms with Crippen molar-refractivity contribution in [1.29, 1.82) is 0 Å². The van der Waals surface area contributed by atoms with Gasteiger partial charge in [-0.3, -0.25) is 0 Å². The third-order valence-corrected chi connectivity index (χ3v) is 3.85. The predicted molar refractivity (Wildman–Crippen MR) is 58.0 cm³/mol. The summed E-state index contributed by atoms with van der Waals surface area (Å²) in [5.74, 6) is 1.03. The van der Waals surface area contributed by atoms with E-state index >= 15 is 0 Å². The van der Waals surface area contributed by atoms with Crippen molar-refractivity contribution >= 4 is 0 Å². The molecular weight excluding hydrogens is 176 g/mol. The summed E-state index contributed by atoms with van der Waals surface area (Å²) in [6.45, 7) is 6.80. The van der Waals surface area contributed by atoms with E-state index in [0.29, 0.717) is 11.8 Å². The van der Waals surface area contributed by atoms with Gasteiger partial charge < -0.3 is 10.2 Å². The molecular formula is C12H24O2. The van der Waals surface area contributed by atoms with Crippen LogP contribution in [0.15, 0.2) is 0 Å². The summed E-state index contributed by atoms with van der Waals surface area (Å²) in [4.78, 5) is 0. The normalized spacial score (nSPS) is 39.0. The maximum absolute atomic E-state index is 10.0. The van der Waals surface area contributed by atoms with Crippen molar-refractivity contribution in [3.8, 4) is 0 Å². The molecule has 1 saturated carbocycles. The van der Waals surface area contributed by atoms with Crippen molar-refractivity contribution in [2.75, 3.05) is 6.61 Å². The standard InChI is InChI=1S/C12H24O2/c1-9(2)10-4-5-12(3,6-7-13)8-11(10)14/h9-11,13-14H,4-8H2,1-3H3/t10-,11+,12-/m1/s1. The van der Waals surface area contributed by atoms with Gasteiger partial charge in [0.2, 0.25) is 0 Å². The average Bonchev–Trinajstić information content (AvgIpc) is 2.02. The largest absolute Gasteiger partial charge is 0.396 e. The molecule has 0 aromatic rings. The second-order valence-corrected chi connectivity index (χ2v) is 5.50. The van der Waals surface area contributed by atoms with Gasteiger partial charge in [-0.25, -0.2) is 0 Å². The van der Waals surface area contributed by atoms with E-state index in [1.54, 1.807) is 0 Å². The minimum absolute atomic E-state index is 0.166. The van der Waals surface area contributed by atoms with E-state index in [4.69, 9.17) is 5.11 Å². The number of aliphatic hydroxyl groups is 2. The van der Waals surface area contributed by atoms with Crippen LogP contribution in [0.3, 0.4) is 0 Å². The van der Waals surface area contributed by atoms with Crippen LogP contribution in [0.1, 0.15) is 46.5 Å². The van der Waals surface area contributed by atoms with E-state index in [2.05, 4.69) is 20.8 Å². The van der Waals surface area contributed by atoms with Gasteiger partial charge in [-0.15, -0.1) is 0 Å². The van der Waals surface area contributed by atoms with Gasteiger partial charge >= 0.3 is 0 Å². The Kier molecular flexibility index (Phi) is 3.96. The fourth-order valence-corrected chi connectivity index (χ4v) is 2.74. The minimum Gasteiger partial charge on any atom is -0.396 e. The lowest BCUT2D eigenvalue weighted by molar-refractivity contribution is -0.0181. The van der Waals surface area contributed by atoms with Gasteiger partial charge in [0, 0.05) is 6.61 Å².